The van der Waals surface area contributed by atoms with E-state index in [0.717, 1.165) is 135 Å². The second kappa shape index (κ2) is 57.1. The van der Waals surface area contributed by atoms with Crippen LogP contribution >= 0.6 is 0 Å². The fourth-order valence-corrected chi connectivity index (χ4v) is 7.28. The summed E-state index contributed by atoms with van der Waals surface area (Å²) in [7, 11) is 0. The quantitative estimate of drug-likeness (QED) is 0.0199. The highest BCUT2D eigenvalue weighted by Crippen LogP contribution is 2.13. The molecule has 0 N–H and O–H groups in total. The second-order valence-corrected chi connectivity index (χ2v) is 18.3. The summed E-state index contributed by atoms with van der Waals surface area (Å²) in [5.41, 5.74) is 0. The lowest BCUT2D eigenvalue weighted by molar-refractivity contribution is -0.167. The van der Waals surface area contributed by atoms with Crippen molar-refractivity contribution in [2.75, 3.05) is 13.2 Å². The van der Waals surface area contributed by atoms with Crippen LogP contribution in [-0.4, -0.2) is 37.2 Å². The third-order valence-electron chi connectivity index (χ3n) is 11.5. The maximum atomic E-state index is 12.9. The number of allylic oxidation sites excluding steroid dienone is 22. The molecule has 0 saturated carbocycles. The first kappa shape index (κ1) is 65.5. The summed E-state index contributed by atoms with van der Waals surface area (Å²) in [6, 6.07) is 0. The van der Waals surface area contributed by atoms with Gasteiger partial charge in [0.25, 0.3) is 0 Å². The van der Waals surface area contributed by atoms with Crippen LogP contribution in [0.3, 0.4) is 0 Å². The highest BCUT2D eigenvalue weighted by Gasteiger charge is 2.19. The van der Waals surface area contributed by atoms with Crippen molar-refractivity contribution in [1.29, 1.82) is 0 Å². The van der Waals surface area contributed by atoms with Gasteiger partial charge in [0.15, 0.2) is 6.10 Å². The van der Waals surface area contributed by atoms with Gasteiger partial charge in [-0.1, -0.05) is 244 Å². The fourth-order valence-electron chi connectivity index (χ4n) is 7.28. The van der Waals surface area contributed by atoms with Gasteiger partial charge in [-0.15, -0.1) is 0 Å². The Morgan fingerprint density at radius 2 is 0.643 bits per heavy atom. The SMILES string of the molecule is CC/C=C\C/C=C\C/C=C\C/C=C\CCCCCC(=O)OCC(COC(=O)CCCCCCC\C=C/C=C\C=C/C=C\C=C/CCC)OC(=O)CCCCCCC/C=C\C=C/CCCCCCCCC. The topological polar surface area (TPSA) is 78.9 Å². The van der Waals surface area contributed by atoms with Crippen LogP contribution in [0, 0.1) is 0 Å². The summed E-state index contributed by atoms with van der Waals surface area (Å²) < 4.78 is 16.8. The normalized spacial score (nSPS) is 13.1. The average molecular weight is 968 g/mol. The van der Waals surface area contributed by atoms with Crippen molar-refractivity contribution in [3.63, 3.8) is 0 Å². The molecule has 0 aliphatic carbocycles. The molecule has 0 aromatic heterocycles. The van der Waals surface area contributed by atoms with E-state index in [2.05, 4.69) is 130 Å². The van der Waals surface area contributed by atoms with Crippen molar-refractivity contribution < 1.29 is 28.6 Å². The van der Waals surface area contributed by atoms with Crippen LogP contribution in [0.15, 0.2) is 134 Å². The highest BCUT2D eigenvalue weighted by atomic mass is 16.6. The molecule has 1 unspecified atom stereocenters. The van der Waals surface area contributed by atoms with Crippen molar-refractivity contribution in [3.8, 4) is 0 Å². The van der Waals surface area contributed by atoms with Gasteiger partial charge in [-0.2, -0.15) is 0 Å². The lowest BCUT2D eigenvalue weighted by Gasteiger charge is -2.18. The summed E-state index contributed by atoms with van der Waals surface area (Å²) in [6.45, 7) is 6.36. The molecule has 0 aromatic rings. The zero-order valence-corrected chi connectivity index (χ0v) is 45.0. The Morgan fingerprint density at radius 3 is 1.09 bits per heavy atom. The smallest absolute Gasteiger partial charge is 0.306 e. The number of hydrogen-bond donors (Lipinski definition) is 0. The lowest BCUT2D eigenvalue weighted by Crippen LogP contribution is -2.30. The molecule has 0 aliphatic heterocycles. The molecule has 6 nitrogen and oxygen atoms in total. The molecule has 394 valence electrons. The Morgan fingerprint density at radius 1 is 0.314 bits per heavy atom. The van der Waals surface area contributed by atoms with E-state index in [1.54, 1.807) is 0 Å². The number of rotatable bonds is 49. The minimum Gasteiger partial charge on any atom is -0.462 e. The molecule has 0 aliphatic rings. The van der Waals surface area contributed by atoms with E-state index >= 15 is 0 Å². The van der Waals surface area contributed by atoms with Crippen LogP contribution in [0.4, 0.5) is 0 Å². The molecule has 0 heterocycles. The van der Waals surface area contributed by atoms with Gasteiger partial charge in [0.2, 0.25) is 0 Å². The number of unbranched alkanes of at least 4 members (excludes halogenated alkanes) is 21. The zero-order valence-electron chi connectivity index (χ0n) is 45.0. The Balaban J connectivity index is 4.55. The van der Waals surface area contributed by atoms with E-state index in [1.165, 1.54) is 57.8 Å². The molecular formula is C64H102O6. The van der Waals surface area contributed by atoms with Crippen molar-refractivity contribution >= 4 is 17.9 Å². The van der Waals surface area contributed by atoms with Gasteiger partial charge >= 0.3 is 17.9 Å². The summed E-state index contributed by atoms with van der Waals surface area (Å²) in [5.74, 6) is -0.987. The Labute approximate surface area is 430 Å². The number of carbonyl (C=O) groups excluding carboxylic acids is 3. The summed E-state index contributed by atoms with van der Waals surface area (Å²) in [4.78, 5) is 38.2. The monoisotopic (exact) mass is 967 g/mol. The Kier molecular flexibility index (Phi) is 53.5. The number of hydrogen-bond acceptors (Lipinski definition) is 6. The van der Waals surface area contributed by atoms with Crippen molar-refractivity contribution in [2.45, 2.75) is 239 Å². The third-order valence-corrected chi connectivity index (χ3v) is 11.5. The van der Waals surface area contributed by atoms with Crippen molar-refractivity contribution in [1.82, 2.24) is 0 Å². The molecule has 0 amide bonds. The van der Waals surface area contributed by atoms with Crippen molar-refractivity contribution in [2.24, 2.45) is 0 Å². The lowest BCUT2D eigenvalue weighted by atomic mass is 10.1. The average Bonchev–Trinajstić information content (AvgIpc) is 3.36. The molecule has 0 aromatic carbocycles. The summed E-state index contributed by atoms with van der Waals surface area (Å²) >= 11 is 0. The molecule has 0 spiro atoms. The Bertz CT molecular complexity index is 1530. The van der Waals surface area contributed by atoms with Gasteiger partial charge < -0.3 is 14.2 Å². The number of esters is 3. The maximum Gasteiger partial charge on any atom is 0.306 e. The molecule has 0 saturated heterocycles. The van der Waals surface area contributed by atoms with E-state index < -0.39 is 6.10 Å². The van der Waals surface area contributed by atoms with Crippen LogP contribution in [0.5, 0.6) is 0 Å². The van der Waals surface area contributed by atoms with Gasteiger partial charge in [-0.3, -0.25) is 14.4 Å². The predicted molar refractivity (Wildman–Crippen MR) is 302 cm³/mol. The van der Waals surface area contributed by atoms with E-state index in [9.17, 15) is 14.4 Å². The molecule has 1 atom stereocenters. The molecule has 6 heteroatoms. The summed E-state index contributed by atoms with van der Waals surface area (Å²) in [5, 5.41) is 0. The molecular weight excluding hydrogens is 865 g/mol. The fraction of sp³-hybridized carbons (Fsp3) is 0.609. The number of carbonyl (C=O) groups is 3. The first-order valence-corrected chi connectivity index (χ1v) is 28.3. The second-order valence-electron chi connectivity index (χ2n) is 18.3. The molecule has 0 radical (unpaired) electrons. The van der Waals surface area contributed by atoms with Gasteiger partial charge in [-0.25, -0.2) is 0 Å². The van der Waals surface area contributed by atoms with E-state index in [4.69, 9.17) is 14.2 Å². The predicted octanol–water partition coefficient (Wildman–Crippen LogP) is 19.0. The Hall–Kier alpha value is -4.45. The van der Waals surface area contributed by atoms with E-state index in [-0.39, 0.29) is 31.1 Å². The minimum atomic E-state index is -0.816. The largest absolute Gasteiger partial charge is 0.462 e. The number of ether oxygens (including phenoxy) is 3. The molecule has 0 bridgehead atoms. The van der Waals surface area contributed by atoms with Crippen LogP contribution < -0.4 is 0 Å². The third kappa shape index (κ3) is 54.5. The van der Waals surface area contributed by atoms with Gasteiger partial charge in [0.05, 0.1) is 0 Å². The zero-order chi connectivity index (χ0) is 50.7. The first-order valence-electron chi connectivity index (χ1n) is 28.3. The van der Waals surface area contributed by atoms with Gasteiger partial charge in [-0.05, 0) is 103 Å². The molecule has 70 heavy (non-hydrogen) atoms. The van der Waals surface area contributed by atoms with Crippen LogP contribution in [0.2, 0.25) is 0 Å². The molecule has 0 fully saturated rings. The van der Waals surface area contributed by atoms with Crippen LogP contribution in [0.1, 0.15) is 233 Å². The van der Waals surface area contributed by atoms with Gasteiger partial charge in [0.1, 0.15) is 13.2 Å². The van der Waals surface area contributed by atoms with E-state index in [0.29, 0.717) is 19.3 Å². The standard InChI is InChI=1S/C64H102O6/c1-4-7-10-13-16-19-22-25-28-31-33-36-39-42-45-48-51-54-57-63(66)69-60-61(59-68-62(65)56-53-50-47-44-41-38-35-30-27-24-21-18-15-12-9-6-3)70-64(67)58-55-52-49-46-43-40-37-34-32-29-26-23-20-17-14-11-8-5-2/h9-10,12-13,16,18-19,21-22,25,27-34,36-38,41,61H,4-8,11,14-15,17,20,23-24,26,35,39-40,42-60H2,1-3H3/b12-9-,13-10-,19-16-,21-18-,25-22-,30-27-,31-28-,32-29-,36-33-,37-34-,41-38-. The van der Waals surface area contributed by atoms with Crippen LogP contribution in [-0.2, 0) is 28.6 Å². The van der Waals surface area contributed by atoms with Gasteiger partial charge in [0, 0.05) is 19.3 Å². The van der Waals surface area contributed by atoms with E-state index in [1.807, 2.05) is 24.3 Å². The highest BCUT2D eigenvalue weighted by molar-refractivity contribution is 5.71. The minimum absolute atomic E-state index is 0.113. The summed E-state index contributed by atoms with van der Waals surface area (Å²) in [6.07, 6.45) is 80.0. The van der Waals surface area contributed by atoms with Crippen molar-refractivity contribution in [3.05, 3.63) is 134 Å². The maximum absolute atomic E-state index is 12.9. The van der Waals surface area contributed by atoms with Crippen LogP contribution in [0.25, 0.3) is 0 Å². The molecule has 0 rings (SSSR count). The first-order chi connectivity index (χ1) is 34.5.